The molecule has 0 aliphatic rings. The lowest BCUT2D eigenvalue weighted by molar-refractivity contribution is 0.466. The quantitative estimate of drug-likeness (QED) is 0.786. The highest BCUT2D eigenvalue weighted by atomic mass is 35.5. The van der Waals surface area contributed by atoms with Gasteiger partial charge in [-0.2, -0.15) is 4.98 Å². The number of nitrogens with zero attached hydrogens (tertiary/aromatic N) is 3. The number of halogens is 2. The van der Waals surface area contributed by atoms with Crippen molar-refractivity contribution in [1.82, 2.24) is 14.4 Å². The third-order valence-corrected chi connectivity index (χ3v) is 3.29. The van der Waals surface area contributed by atoms with Crippen molar-refractivity contribution >= 4 is 34.7 Å². The molecule has 3 aromatic rings. The molecule has 2 heterocycles. The van der Waals surface area contributed by atoms with Crippen molar-refractivity contribution in [3.05, 3.63) is 46.8 Å². The number of hydrogen-bond acceptors (Lipinski definition) is 4. The number of imidazole rings is 1. The third-order valence-electron chi connectivity index (χ3n) is 2.48. The number of hydrogen-bond donors (Lipinski definition) is 1. The number of benzene rings is 1. The molecular formula is C12H8Cl2N4O. The van der Waals surface area contributed by atoms with E-state index in [2.05, 4.69) is 9.97 Å². The molecule has 0 saturated heterocycles. The number of aromatic nitrogens is 3. The SMILES string of the molecule is Nc1cn2ccnc2c(Oc2cccc(Cl)c2Cl)n1. The Labute approximate surface area is 118 Å². The molecule has 0 spiro atoms. The van der Waals surface area contributed by atoms with Gasteiger partial charge in [0, 0.05) is 12.4 Å². The Bertz CT molecular complexity index is 757. The summed E-state index contributed by atoms with van der Waals surface area (Å²) in [4.78, 5) is 8.26. The summed E-state index contributed by atoms with van der Waals surface area (Å²) in [6.45, 7) is 0. The van der Waals surface area contributed by atoms with Gasteiger partial charge in [-0.1, -0.05) is 29.3 Å². The number of ether oxygens (including phenoxy) is 1. The molecule has 7 heteroatoms. The van der Waals surface area contributed by atoms with Crippen LogP contribution in [-0.4, -0.2) is 14.4 Å². The largest absolute Gasteiger partial charge is 0.434 e. The van der Waals surface area contributed by atoms with Crippen LogP contribution in [0.4, 0.5) is 5.82 Å². The van der Waals surface area contributed by atoms with Gasteiger partial charge < -0.3 is 10.5 Å². The van der Waals surface area contributed by atoms with E-state index in [4.69, 9.17) is 33.7 Å². The maximum absolute atomic E-state index is 6.06. The van der Waals surface area contributed by atoms with Gasteiger partial charge in [-0.25, -0.2) is 4.98 Å². The molecule has 0 aliphatic heterocycles. The Morgan fingerprint density at radius 1 is 1.26 bits per heavy atom. The first-order valence-corrected chi connectivity index (χ1v) is 6.12. The molecule has 5 nitrogen and oxygen atoms in total. The smallest absolute Gasteiger partial charge is 0.265 e. The van der Waals surface area contributed by atoms with Gasteiger partial charge in [0.1, 0.15) is 16.6 Å². The van der Waals surface area contributed by atoms with Gasteiger partial charge in [0.25, 0.3) is 5.88 Å². The predicted molar refractivity (Wildman–Crippen MR) is 73.9 cm³/mol. The van der Waals surface area contributed by atoms with Gasteiger partial charge in [0.15, 0.2) is 0 Å². The van der Waals surface area contributed by atoms with Crippen LogP contribution < -0.4 is 10.5 Å². The summed E-state index contributed by atoms with van der Waals surface area (Å²) >= 11 is 12.0. The van der Waals surface area contributed by atoms with Gasteiger partial charge in [-0.05, 0) is 12.1 Å². The molecule has 0 bridgehead atoms. The summed E-state index contributed by atoms with van der Waals surface area (Å²) in [6.07, 6.45) is 5.03. The van der Waals surface area contributed by atoms with Crippen LogP contribution in [0.15, 0.2) is 36.8 Å². The Morgan fingerprint density at radius 2 is 2.11 bits per heavy atom. The zero-order valence-electron chi connectivity index (χ0n) is 9.55. The molecule has 0 radical (unpaired) electrons. The first-order valence-electron chi connectivity index (χ1n) is 5.36. The molecule has 2 N–H and O–H groups in total. The van der Waals surface area contributed by atoms with Crippen LogP contribution in [0.3, 0.4) is 0 Å². The first-order chi connectivity index (χ1) is 9.15. The predicted octanol–water partition coefficient (Wildman–Crippen LogP) is 3.41. The van der Waals surface area contributed by atoms with Crippen molar-refractivity contribution in [2.75, 3.05) is 5.73 Å². The molecule has 19 heavy (non-hydrogen) atoms. The molecule has 1 aromatic carbocycles. The summed E-state index contributed by atoms with van der Waals surface area (Å²) in [5.41, 5.74) is 6.25. The summed E-state index contributed by atoms with van der Waals surface area (Å²) in [5, 5.41) is 0.723. The molecule has 2 aromatic heterocycles. The fourth-order valence-corrected chi connectivity index (χ4v) is 1.99. The highest BCUT2D eigenvalue weighted by Gasteiger charge is 2.12. The first kappa shape index (κ1) is 12.1. The van der Waals surface area contributed by atoms with Crippen LogP contribution in [0.5, 0.6) is 11.6 Å². The number of nitrogens with two attached hydrogens (primary N) is 1. The maximum Gasteiger partial charge on any atom is 0.265 e. The second-order valence-corrected chi connectivity index (χ2v) is 4.57. The van der Waals surface area contributed by atoms with Crippen molar-refractivity contribution < 1.29 is 4.74 Å². The maximum atomic E-state index is 6.06. The minimum absolute atomic E-state index is 0.272. The van der Waals surface area contributed by atoms with Crippen molar-refractivity contribution in [3.63, 3.8) is 0 Å². The van der Waals surface area contributed by atoms with E-state index >= 15 is 0 Å². The molecule has 0 amide bonds. The average Bonchev–Trinajstić information content (AvgIpc) is 2.83. The fourth-order valence-electron chi connectivity index (χ4n) is 1.66. The van der Waals surface area contributed by atoms with E-state index < -0.39 is 0 Å². The van der Waals surface area contributed by atoms with Gasteiger partial charge in [0.2, 0.25) is 5.65 Å². The highest BCUT2D eigenvalue weighted by molar-refractivity contribution is 6.42. The van der Waals surface area contributed by atoms with Crippen molar-refractivity contribution in [2.45, 2.75) is 0 Å². The molecular weight excluding hydrogens is 287 g/mol. The lowest BCUT2D eigenvalue weighted by atomic mass is 10.3. The van der Waals surface area contributed by atoms with Crippen molar-refractivity contribution in [1.29, 1.82) is 0 Å². The topological polar surface area (TPSA) is 65.4 Å². The summed E-state index contributed by atoms with van der Waals surface area (Å²) in [7, 11) is 0. The van der Waals surface area contributed by atoms with E-state index in [1.54, 1.807) is 41.2 Å². The van der Waals surface area contributed by atoms with E-state index in [0.29, 0.717) is 27.3 Å². The third kappa shape index (κ3) is 2.18. The standard InChI is InChI=1S/C12H8Cl2N4O/c13-7-2-1-3-8(10(7)14)19-12-11-16-4-5-18(11)6-9(15)17-12/h1-6H,15H2. The second kappa shape index (κ2) is 4.60. The van der Waals surface area contributed by atoms with E-state index in [-0.39, 0.29) is 5.88 Å². The number of nitrogen functional groups attached to an aromatic ring is 1. The summed E-state index contributed by atoms with van der Waals surface area (Å²) in [5.74, 6) is 0.991. The van der Waals surface area contributed by atoms with Crippen LogP contribution in [0, 0.1) is 0 Å². The van der Waals surface area contributed by atoms with E-state index in [1.165, 1.54) is 0 Å². The van der Waals surface area contributed by atoms with Crippen molar-refractivity contribution in [2.24, 2.45) is 0 Å². The van der Waals surface area contributed by atoms with Gasteiger partial charge >= 0.3 is 0 Å². The highest BCUT2D eigenvalue weighted by Crippen LogP contribution is 2.35. The lowest BCUT2D eigenvalue weighted by Gasteiger charge is -2.09. The molecule has 96 valence electrons. The van der Waals surface area contributed by atoms with E-state index in [9.17, 15) is 0 Å². The zero-order chi connectivity index (χ0) is 13.4. The Hall–Kier alpha value is -1.98. The van der Waals surface area contributed by atoms with E-state index in [0.717, 1.165) is 0 Å². The molecule has 0 aliphatic carbocycles. The minimum atomic E-state index is 0.272. The molecule has 0 fully saturated rings. The summed E-state index contributed by atoms with van der Waals surface area (Å²) < 4.78 is 7.37. The Kier molecular flexibility index (Phi) is 2.93. The molecule has 0 unspecified atom stereocenters. The fraction of sp³-hybridized carbons (Fsp3) is 0. The average molecular weight is 295 g/mol. The monoisotopic (exact) mass is 294 g/mol. The Morgan fingerprint density at radius 3 is 2.95 bits per heavy atom. The minimum Gasteiger partial charge on any atom is -0.434 e. The van der Waals surface area contributed by atoms with Crippen LogP contribution in [0.2, 0.25) is 10.0 Å². The van der Waals surface area contributed by atoms with Crippen LogP contribution in [-0.2, 0) is 0 Å². The normalized spacial score (nSPS) is 10.8. The molecule has 3 rings (SSSR count). The number of fused-ring (bicyclic) bond motifs is 1. The second-order valence-electron chi connectivity index (χ2n) is 3.78. The van der Waals surface area contributed by atoms with Crippen LogP contribution >= 0.6 is 23.2 Å². The van der Waals surface area contributed by atoms with Crippen LogP contribution in [0.1, 0.15) is 0 Å². The zero-order valence-corrected chi connectivity index (χ0v) is 11.1. The molecule has 0 saturated carbocycles. The van der Waals surface area contributed by atoms with Gasteiger partial charge in [-0.15, -0.1) is 0 Å². The number of rotatable bonds is 2. The number of anilines is 1. The van der Waals surface area contributed by atoms with Gasteiger partial charge in [0.05, 0.1) is 11.2 Å². The van der Waals surface area contributed by atoms with Gasteiger partial charge in [-0.3, -0.25) is 4.40 Å². The van der Waals surface area contributed by atoms with Crippen molar-refractivity contribution in [3.8, 4) is 11.6 Å². The lowest BCUT2D eigenvalue weighted by Crippen LogP contribution is -1.99. The Balaban J connectivity index is 2.10. The summed E-state index contributed by atoms with van der Waals surface area (Å²) in [6, 6.07) is 5.10. The van der Waals surface area contributed by atoms with Crippen LogP contribution in [0.25, 0.3) is 5.65 Å². The van der Waals surface area contributed by atoms with E-state index in [1.807, 2.05) is 0 Å². The molecule has 0 atom stereocenters.